The maximum Gasteiger partial charge on any atom is 0.225 e. The molecule has 1 amide bonds. The molecule has 1 atom stereocenters. The van der Waals surface area contributed by atoms with Gasteiger partial charge in [-0.15, -0.1) is 0 Å². The molecule has 1 aromatic carbocycles. The van der Waals surface area contributed by atoms with E-state index in [1.165, 1.54) is 0 Å². The topological polar surface area (TPSA) is 64.8 Å². The van der Waals surface area contributed by atoms with E-state index in [2.05, 4.69) is 0 Å². The molecule has 0 radical (unpaired) electrons. The number of para-hydroxylation sites is 1. The van der Waals surface area contributed by atoms with Gasteiger partial charge in [0.1, 0.15) is 12.4 Å². The molecular weight excluding hydrogens is 244 g/mol. The van der Waals surface area contributed by atoms with Gasteiger partial charge in [0.2, 0.25) is 5.91 Å². The van der Waals surface area contributed by atoms with Gasteiger partial charge in [-0.05, 0) is 12.1 Å². The molecule has 0 saturated carbocycles. The van der Waals surface area contributed by atoms with Gasteiger partial charge in [0.15, 0.2) is 0 Å². The van der Waals surface area contributed by atoms with Crippen LogP contribution in [0, 0.1) is 0 Å². The molecule has 0 aliphatic rings. The first-order valence-electron chi connectivity index (χ1n) is 6.32. The van der Waals surface area contributed by atoms with Crippen molar-refractivity contribution in [2.75, 3.05) is 33.9 Å². The van der Waals surface area contributed by atoms with Gasteiger partial charge in [0.05, 0.1) is 19.1 Å². The lowest BCUT2D eigenvalue weighted by Gasteiger charge is -2.20. The third kappa shape index (κ3) is 5.72. The SMILES string of the molecule is COC(CN)CC(=O)N(C)CCOc1ccccc1. The van der Waals surface area contributed by atoms with Crippen molar-refractivity contribution in [3.05, 3.63) is 30.3 Å². The molecule has 5 heteroatoms. The molecular formula is C14H22N2O3. The van der Waals surface area contributed by atoms with Crippen LogP contribution in [0.2, 0.25) is 0 Å². The first kappa shape index (κ1) is 15.5. The van der Waals surface area contributed by atoms with Crippen molar-refractivity contribution in [1.82, 2.24) is 4.90 Å². The minimum Gasteiger partial charge on any atom is -0.492 e. The molecule has 0 aliphatic carbocycles. The van der Waals surface area contributed by atoms with Gasteiger partial charge in [0, 0.05) is 20.7 Å². The second-order valence-electron chi connectivity index (χ2n) is 4.27. The van der Waals surface area contributed by atoms with E-state index in [0.29, 0.717) is 26.1 Å². The standard InChI is InChI=1S/C14H22N2O3/c1-16(14(17)10-13(11-15)18-2)8-9-19-12-6-4-3-5-7-12/h3-7,13H,8-11,15H2,1-2H3. The number of nitrogens with zero attached hydrogens (tertiary/aromatic N) is 1. The monoisotopic (exact) mass is 266 g/mol. The van der Waals surface area contributed by atoms with E-state index in [-0.39, 0.29) is 12.0 Å². The highest BCUT2D eigenvalue weighted by atomic mass is 16.5. The number of rotatable bonds is 8. The number of methoxy groups -OCH3 is 1. The number of hydrogen-bond donors (Lipinski definition) is 1. The first-order valence-corrected chi connectivity index (χ1v) is 6.32. The molecule has 5 nitrogen and oxygen atoms in total. The van der Waals surface area contributed by atoms with Gasteiger partial charge in [-0.25, -0.2) is 0 Å². The maximum absolute atomic E-state index is 11.8. The second-order valence-corrected chi connectivity index (χ2v) is 4.27. The Bertz CT molecular complexity index is 366. The lowest BCUT2D eigenvalue weighted by molar-refractivity contribution is -0.132. The second kappa shape index (κ2) is 8.50. The molecule has 2 N–H and O–H groups in total. The summed E-state index contributed by atoms with van der Waals surface area (Å²) in [5.41, 5.74) is 5.49. The van der Waals surface area contributed by atoms with Crippen LogP contribution in [0.1, 0.15) is 6.42 Å². The maximum atomic E-state index is 11.8. The molecule has 0 aliphatic heterocycles. The van der Waals surface area contributed by atoms with E-state index in [4.69, 9.17) is 15.2 Å². The van der Waals surface area contributed by atoms with Crippen molar-refractivity contribution in [3.63, 3.8) is 0 Å². The Morgan fingerprint density at radius 3 is 2.63 bits per heavy atom. The van der Waals surface area contributed by atoms with Gasteiger partial charge < -0.3 is 20.1 Å². The summed E-state index contributed by atoms with van der Waals surface area (Å²) in [5, 5.41) is 0. The number of carbonyl (C=O) groups is 1. The molecule has 0 aromatic heterocycles. The predicted molar refractivity (Wildman–Crippen MR) is 74.0 cm³/mol. The van der Waals surface area contributed by atoms with Crippen molar-refractivity contribution in [1.29, 1.82) is 0 Å². The summed E-state index contributed by atoms with van der Waals surface area (Å²) < 4.78 is 10.6. The largest absolute Gasteiger partial charge is 0.492 e. The normalized spacial score (nSPS) is 11.9. The molecule has 1 aromatic rings. The number of hydrogen-bond acceptors (Lipinski definition) is 4. The summed E-state index contributed by atoms with van der Waals surface area (Å²) in [6, 6.07) is 9.53. The van der Waals surface area contributed by atoms with Gasteiger partial charge in [-0.2, -0.15) is 0 Å². The molecule has 0 spiro atoms. The van der Waals surface area contributed by atoms with Crippen molar-refractivity contribution in [2.24, 2.45) is 5.73 Å². The lowest BCUT2D eigenvalue weighted by Crippen LogP contribution is -2.35. The van der Waals surface area contributed by atoms with Gasteiger partial charge in [-0.1, -0.05) is 18.2 Å². The highest BCUT2D eigenvalue weighted by molar-refractivity contribution is 5.76. The Morgan fingerprint density at radius 1 is 1.37 bits per heavy atom. The highest BCUT2D eigenvalue weighted by Crippen LogP contribution is 2.08. The first-order chi connectivity index (χ1) is 9.17. The smallest absolute Gasteiger partial charge is 0.225 e. The third-order valence-corrected chi connectivity index (χ3v) is 2.86. The summed E-state index contributed by atoms with van der Waals surface area (Å²) >= 11 is 0. The molecule has 0 fully saturated rings. The summed E-state index contributed by atoms with van der Waals surface area (Å²) in [5.74, 6) is 0.814. The van der Waals surface area contributed by atoms with Crippen LogP contribution >= 0.6 is 0 Å². The fourth-order valence-electron chi connectivity index (χ4n) is 1.56. The van der Waals surface area contributed by atoms with Gasteiger partial charge >= 0.3 is 0 Å². The molecule has 0 heterocycles. The Hall–Kier alpha value is -1.59. The summed E-state index contributed by atoms with van der Waals surface area (Å²) in [6.45, 7) is 1.35. The van der Waals surface area contributed by atoms with Crippen LogP contribution in [-0.2, 0) is 9.53 Å². The number of nitrogens with two attached hydrogens (primary N) is 1. The Morgan fingerprint density at radius 2 is 2.05 bits per heavy atom. The zero-order valence-electron chi connectivity index (χ0n) is 11.5. The van der Waals surface area contributed by atoms with Crippen LogP contribution in [0.15, 0.2) is 30.3 Å². The number of likely N-dealkylation sites (N-methyl/N-ethyl adjacent to an activating group) is 1. The van der Waals surface area contributed by atoms with E-state index < -0.39 is 0 Å². The molecule has 0 bridgehead atoms. The number of benzene rings is 1. The van der Waals surface area contributed by atoms with E-state index in [0.717, 1.165) is 5.75 Å². The van der Waals surface area contributed by atoms with Gasteiger partial charge in [-0.3, -0.25) is 4.79 Å². The minimum absolute atomic E-state index is 0.00830. The molecule has 1 rings (SSSR count). The quantitative estimate of drug-likeness (QED) is 0.759. The molecule has 1 unspecified atom stereocenters. The minimum atomic E-state index is -0.218. The zero-order valence-corrected chi connectivity index (χ0v) is 11.5. The average molecular weight is 266 g/mol. The summed E-state index contributed by atoms with van der Waals surface area (Å²) in [7, 11) is 3.31. The molecule has 19 heavy (non-hydrogen) atoms. The molecule has 106 valence electrons. The van der Waals surface area contributed by atoms with Crippen LogP contribution in [-0.4, -0.2) is 50.8 Å². The highest BCUT2D eigenvalue weighted by Gasteiger charge is 2.15. The number of carbonyl (C=O) groups excluding carboxylic acids is 1. The fraction of sp³-hybridized carbons (Fsp3) is 0.500. The van der Waals surface area contributed by atoms with Crippen LogP contribution < -0.4 is 10.5 Å². The Labute approximate surface area is 114 Å². The summed E-state index contributed by atoms with van der Waals surface area (Å²) in [4.78, 5) is 13.5. The van der Waals surface area contributed by atoms with Crippen LogP contribution in [0.25, 0.3) is 0 Å². The number of amides is 1. The fourth-order valence-corrected chi connectivity index (χ4v) is 1.56. The summed E-state index contributed by atoms with van der Waals surface area (Å²) in [6.07, 6.45) is 0.0828. The van der Waals surface area contributed by atoms with E-state index in [1.54, 1.807) is 19.1 Å². The Balaban J connectivity index is 2.27. The van der Waals surface area contributed by atoms with Crippen LogP contribution in [0.3, 0.4) is 0 Å². The van der Waals surface area contributed by atoms with E-state index in [1.807, 2.05) is 30.3 Å². The van der Waals surface area contributed by atoms with E-state index >= 15 is 0 Å². The van der Waals surface area contributed by atoms with Crippen LogP contribution in [0.4, 0.5) is 0 Å². The lowest BCUT2D eigenvalue weighted by atomic mass is 10.2. The Kier molecular flexibility index (Phi) is 6.92. The third-order valence-electron chi connectivity index (χ3n) is 2.86. The zero-order chi connectivity index (χ0) is 14.1. The number of ether oxygens (including phenoxy) is 2. The van der Waals surface area contributed by atoms with E-state index in [9.17, 15) is 4.79 Å². The predicted octanol–water partition coefficient (Wildman–Crippen LogP) is 0.888. The van der Waals surface area contributed by atoms with Crippen molar-refractivity contribution in [3.8, 4) is 5.75 Å². The van der Waals surface area contributed by atoms with Crippen LogP contribution in [0.5, 0.6) is 5.75 Å². The van der Waals surface area contributed by atoms with Crippen molar-refractivity contribution < 1.29 is 14.3 Å². The average Bonchev–Trinajstić information content (AvgIpc) is 2.45. The molecule has 0 saturated heterocycles. The van der Waals surface area contributed by atoms with Gasteiger partial charge in [0.25, 0.3) is 0 Å². The van der Waals surface area contributed by atoms with Crippen molar-refractivity contribution in [2.45, 2.75) is 12.5 Å². The van der Waals surface area contributed by atoms with Crippen molar-refractivity contribution >= 4 is 5.91 Å².